The van der Waals surface area contributed by atoms with Gasteiger partial charge in [-0.25, -0.2) is 0 Å². The van der Waals surface area contributed by atoms with Gasteiger partial charge in [0, 0.05) is 31.6 Å². The summed E-state index contributed by atoms with van der Waals surface area (Å²) in [6, 6.07) is 14.6. The summed E-state index contributed by atoms with van der Waals surface area (Å²) >= 11 is 0. The number of pyridine rings is 1. The summed E-state index contributed by atoms with van der Waals surface area (Å²) in [5.41, 5.74) is 1.40. The van der Waals surface area contributed by atoms with Crippen molar-refractivity contribution in [1.82, 2.24) is 9.88 Å². The van der Waals surface area contributed by atoms with Gasteiger partial charge < -0.3 is 9.64 Å². The molecule has 2 heterocycles. The minimum Gasteiger partial charge on any atom is -0.497 e. The Bertz CT molecular complexity index is 828. The minimum absolute atomic E-state index is 0.0723. The number of nitriles is 1. The van der Waals surface area contributed by atoms with E-state index in [0.717, 1.165) is 11.3 Å². The number of aromatic nitrogens is 1. The van der Waals surface area contributed by atoms with Crippen LogP contribution in [0.3, 0.4) is 0 Å². The Kier molecular flexibility index (Phi) is 5.28. The summed E-state index contributed by atoms with van der Waals surface area (Å²) < 4.78 is 5.13. The first-order valence-corrected chi connectivity index (χ1v) is 8.37. The van der Waals surface area contributed by atoms with E-state index in [1.54, 1.807) is 36.4 Å². The van der Waals surface area contributed by atoms with Crippen LogP contribution >= 0.6 is 0 Å². The Morgan fingerprint density at radius 2 is 2.12 bits per heavy atom. The van der Waals surface area contributed by atoms with Crippen molar-refractivity contribution in [2.45, 2.75) is 18.9 Å². The van der Waals surface area contributed by atoms with Gasteiger partial charge >= 0.3 is 0 Å². The van der Waals surface area contributed by atoms with Crippen molar-refractivity contribution in [3.05, 3.63) is 59.9 Å². The summed E-state index contributed by atoms with van der Waals surface area (Å²) in [6.45, 7) is 0.766. The van der Waals surface area contributed by atoms with E-state index in [-0.39, 0.29) is 18.1 Å². The van der Waals surface area contributed by atoms with Crippen molar-refractivity contribution in [1.29, 1.82) is 5.26 Å². The molecule has 2 aromatic rings. The SMILES string of the molecule is COc1ccc(CN2C[C@H](C(=O)[C@@H](C#N)c3ccccn3)CC2=O)cc1. The van der Waals surface area contributed by atoms with Gasteiger partial charge in [0.05, 0.1) is 18.9 Å². The Labute approximate surface area is 152 Å². The molecule has 0 bridgehead atoms. The van der Waals surface area contributed by atoms with Crippen LogP contribution in [0.2, 0.25) is 0 Å². The highest BCUT2D eigenvalue weighted by molar-refractivity contribution is 5.95. The first kappa shape index (κ1) is 17.6. The maximum absolute atomic E-state index is 12.7. The number of carbonyl (C=O) groups is 2. The smallest absolute Gasteiger partial charge is 0.223 e. The van der Waals surface area contributed by atoms with Crippen LogP contribution < -0.4 is 4.74 Å². The van der Waals surface area contributed by atoms with Crippen LogP contribution in [-0.2, 0) is 16.1 Å². The van der Waals surface area contributed by atoms with E-state index < -0.39 is 11.8 Å². The number of hydrogen-bond acceptors (Lipinski definition) is 5. The number of methoxy groups -OCH3 is 1. The minimum atomic E-state index is -0.935. The number of Topliss-reactive ketones (excluding diaryl/α,β-unsaturated/α-hetero) is 1. The van der Waals surface area contributed by atoms with E-state index in [2.05, 4.69) is 4.98 Å². The Hall–Kier alpha value is -3.20. The topological polar surface area (TPSA) is 83.3 Å². The normalized spacial score (nSPS) is 17.6. The van der Waals surface area contributed by atoms with Crippen molar-refractivity contribution in [2.24, 2.45) is 5.92 Å². The Morgan fingerprint density at radius 3 is 2.73 bits per heavy atom. The largest absolute Gasteiger partial charge is 0.497 e. The van der Waals surface area contributed by atoms with Gasteiger partial charge in [-0.05, 0) is 29.8 Å². The van der Waals surface area contributed by atoms with Crippen molar-refractivity contribution in [3.8, 4) is 11.8 Å². The fraction of sp³-hybridized carbons (Fsp3) is 0.300. The predicted octanol–water partition coefficient (Wildman–Crippen LogP) is 2.32. The van der Waals surface area contributed by atoms with Crippen LogP contribution in [-0.4, -0.2) is 35.2 Å². The number of ketones is 1. The van der Waals surface area contributed by atoms with Gasteiger partial charge in [-0.2, -0.15) is 5.26 Å². The average molecular weight is 349 g/mol. The monoisotopic (exact) mass is 349 g/mol. The van der Waals surface area contributed by atoms with Crippen molar-refractivity contribution in [2.75, 3.05) is 13.7 Å². The number of hydrogen-bond donors (Lipinski definition) is 0. The predicted molar refractivity (Wildman–Crippen MR) is 94.1 cm³/mol. The van der Waals surface area contributed by atoms with Crippen LogP contribution in [0.15, 0.2) is 48.7 Å². The summed E-state index contributed by atoms with van der Waals surface area (Å²) in [5.74, 6) is -0.974. The lowest BCUT2D eigenvalue weighted by Crippen LogP contribution is -2.27. The zero-order valence-corrected chi connectivity index (χ0v) is 14.5. The number of rotatable bonds is 6. The number of benzene rings is 1. The van der Waals surface area contributed by atoms with Crippen molar-refractivity contribution < 1.29 is 14.3 Å². The second-order valence-corrected chi connectivity index (χ2v) is 6.24. The molecule has 2 atom stereocenters. The van der Waals surface area contributed by atoms with E-state index in [1.807, 2.05) is 30.3 Å². The van der Waals surface area contributed by atoms with E-state index in [1.165, 1.54) is 0 Å². The zero-order valence-electron chi connectivity index (χ0n) is 14.5. The molecule has 6 nitrogen and oxygen atoms in total. The van der Waals surface area contributed by atoms with Crippen LogP contribution in [0.1, 0.15) is 23.6 Å². The lowest BCUT2D eigenvalue weighted by atomic mass is 9.90. The first-order chi connectivity index (χ1) is 12.6. The highest BCUT2D eigenvalue weighted by Gasteiger charge is 2.38. The van der Waals surface area contributed by atoms with E-state index in [4.69, 9.17) is 4.74 Å². The number of carbonyl (C=O) groups excluding carboxylic acids is 2. The van der Waals surface area contributed by atoms with Crippen molar-refractivity contribution >= 4 is 11.7 Å². The van der Waals surface area contributed by atoms with E-state index >= 15 is 0 Å². The molecular formula is C20H19N3O3. The van der Waals surface area contributed by atoms with Gasteiger partial charge in [-0.1, -0.05) is 18.2 Å². The molecule has 1 aliphatic heterocycles. The molecule has 132 valence electrons. The molecule has 26 heavy (non-hydrogen) atoms. The molecule has 0 N–H and O–H groups in total. The van der Waals surface area contributed by atoms with E-state index in [9.17, 15) is 14.9 Å². The second-order valence-electron chi connectivity index (χ2n) is 6.24. The Morgan fingerprint density at radius 1 is 1.35 bits per heavy atom. The van der Waals surface area contributed by atoms with Crippen LogP contribution in [0.25, 0.3) is 0 Å². The molecule has 1 fully saturated rings. The molecule has 0 spiro atoms. The van der Waals surface area contributed by atoms with Gasteiger partial charge in [0.25, 0.3) is 0 Å². The molecule has 1 saturated heterocycles. The summed E-state index contributed by atoms with van der Waals surface area (Å²) in [6.07, 6.45) is 1.70. The third-order valence-electron chi connectivity index (χ3n) is 4.55. The highest BCUT2D eigenvalue weighted by atomic mass is 16.5. The number of likely N-dealkylation sites (tertiary alicyclic amines) is 1. The first-order valence-electron chi connectivity index (χ1n) is 8.37. The summed E-state index contributed by atoms with van der Waals surface area (Å²) in [7, 11) is 1.60. The summed E-state index contributed by atoms with van der Waals surface area (Å²) in [5, 5.41) is 9.41. The molecule has 3 rings (SSSR count). The zero-order chi connectivity index (χ0) is 18.5. The molecule has 1 aromatic carbocycles. The van der Waals surface area contributed by atoms with Gasteiger partial charge in [0.1, 0.15) is 11.7 Å². The molecular weight excluding hydrogens is 330 g/mol. The fourth-order valence-electron chi connectivity index (χ4n) is 3.12. The van der Waals surface area contributed by atoms with E-state index in [0.29, 0.717) is 18.8 Å². The highest BCUT2D eigenvalue weighted by Crippen LogP contribution is 2.27. The van der Waals surface area contributed by atoms with Gasteiger partial charge in [-0.15, -0.1) is 0 Å². The van der Waals surface area contributed by atoms with Gasteiger partial charge in [0.15, 0.2) is 5.78 Å². The quantitative estimate of drug-likeness (QED) is 0.799. The molecule has 1 aromatic heterocycles. The van der Waals surface area contributed by atoms with Crippen LogP contribution in [0, 0.1) is 17.2 Å². The molecule has 0 saturated carbocycles. The second kappa shape index (κ2) is 7.79. The van der Waals surface area contributed by atoms with Gasteiger partial charge in [-0.3, -0.25) is 14.6 Å². The third-order valence-corrected chi connectivity index (χ3v) is 4.55. The summed E-state index contributed by atoms with van der Waals surface area (Å²) in [4.78, 5) is 30.8. The lowest BCUT2D eigenvalue weighted by molar-refractivity contribution is -0.129. The number of nitrogens with zero attached hydrogens (tertiary/aromatic N) is 3. The fourth-order valence-corrected chi connectivity index (χ4v) is 3.12. The standard InChI is InChI=1S/C20H19N3O3/c1-26-16-7-5-14(6-8-16)12-23-13-15(10-19(23)24)20(25)17(11-21)18-4-2-3-9-22-18/h2-9,15,17H,10,12-13H2,1H3/t15-,17+/m1/s1. The maximum Gasteiger partial charge on any atom is 0.223 e. The number of amides is 1. The Balaban J connectivity index is 1.68. The molecule has 1 aliphatic rings. The maximum atomic E-state index is 12.7. The number of ether oxygens (including phenoxy) is 1. The molecule has 1 amide bonds. The molecule has 0 aliphatic carbocycles. The van der Waals surface area contributed by atoms with Crippen LogP contribution in [0.5, 0.6) is 5.75 Å². The molecule has 6 heteroatoms. The third kappa shape index (κ3) is 3.72. The molecule has 0 unspecified atom stereocenters. The average Bonchev–Trinajstić information content (AvgIpc) is 3.04. The van der Waals surface area contributed by atoms with Crippen molar-refractivity contribution in [3.63, 3.8) is 0 Å². The van der Waals surface area contributed by atoms with Crippen LogP contribution in [0.4, 0.5) is 0 Å². The molecule has 0 radical (unpaired) electrons. The lowest BCUT2D eigenvalue weighted by Gasteiger charge is -2.17. The van der Waals surface area contributed by atoms with Gasteiger partial charge in [0.2, 0.25) is 5.91 Å².